The molecule has 0 aromatic carbocycles. The van der Waals surface area contributed by atoms with Gasteiger partial charge in [-0.15, -0.1) is 0 Å². The van der Waals surface area contributed by atoms with Crippen LogP contribution in [0.25, 0.3) is 4.91 Å². The number of primary amides is 1. The van der Waals surface area contributed by atoms with Gasteiger partial charge in [-0.25, -0.2) is 0 Å². The van der Waals surface area contributed by atoms with Crippen LogP contribution in [0.5, 0.6) is 0 Å². The number of nitrogens with zero attached hydrogens (tertiary/aromatic N) is 1. The Morgan fingerprint density at radius 3 is 3.00 bits per heavy atom. The average molecular weight is 234 g/mol. The van der Waals surface area contributed by atoms with E-state index in [9.17, 15) is 4.79 Å². The van der Waals surface area contributed by atoms with Crippen LogP contribution < -0.4 is 11.1 Å². The lowest BCUT2D eigenvalue weighted by atomic mass is 10.3. The highest BCUT2D eigenvalue weighted by Crippen LogP contribution is 2.37. The number of nitrogens with two attached hydrogens (primary N) is 1. The van der Waals surface area contributed by atoms with E-state index in [0.29, 0.717) is 10.6 Å². The summed E-state index contributed by atoms with van der Waals surface area (Å²) in [6, 6.07) is 0. The van der Waals surface area contributed by atoms with Crippen molar-refractivity contribution in [2.24, 2.45) is 5.73 Å². The number of hydrogen-bond donors (Lipinski definition) is 3. The van der Waals surface area contributed by atoms with Crippen molar-refractivity contribution in [3.05, 3.63) is 47.4 Å². The molecule has 1 aliphatic rings. The van der Waals surface area contributed by atoms with E-state index in [4.69, 9.17) is 5.73 Å². The van der Waals surface area contributed by atoms with E-state index in [1.807, 2.05) is 0 Å². The molecule has 0 fully saturated rings. The van der Waals surface area contributed by atoms with Gasteiger partial charge in [-0.3, -0.25) is 9.89 Å². The number of carbonyl (C=O) groups is 1. The van der Waals surface area contributed by atoms with Gasteiger partial charge in [0.15, 0.2) is 0 Å². The molecule has 6 heteroatoms. The van der Waals surface area contributed by atoms with Crippen LogP contribution in [0.2, 0.25) is 0 Å². The highest BCUT2D eigenvalue weighted by atomic mass is 32.2. The summed E-state index contributed by atoms with van der Waals surface area (Å²) in [6.45, 7) is 3.56. The highest BCUT2D eigenvalue weighted by molar-refractivity contribution is 8.12. The Bertz CT molecular complexity index is 487. The minimum absolute atomic E-state index is 0.389. The van der Waals surface area contributed by atoms with Crippen LogP contribution in [0, 0.1) is 0 Å². The van der Waals surface area contributed by atoms with E-state index in [1.165, 1.54) is 17.8 Å². The molecule has 2 rings (SSSR count). The summed E-state index contributed by atoms with van der Waals surface area (Å²) in [5.41, 5.74) is 6.58. The fourth-order valence-electron chi connectivity index (χ4n) is 1.27. The Morgan fingerprint density at radius 1 is 1.62 bits per heavy atom. The Hall–Kier alpha value is -1.95. The number of rotatable bonds is 3. The molecular formula is C10H10N4OS. The molecule has 0 radical (unpaired) electrons. The summed E-state index contributed by atoms with van der Waals surface area (Å²) in [4.78, 5) is 12.1. The number of aromatic nitrogens is 2. The van der Waals surface area contributed by atoms with Crippen LogP contribution in [0.1, 0.15) is 5.56 Å². The highest BCUT2D eigenvalue weighted by Gasteiger charge is 2.18. The summed E-state index contributed by atoms with van der Waals surface area (Å²) >= 11 is 1.43. The Labute approximate surface area is 96.5 Å². The van der Waals surface area contributed by atoms with Crippen LogP contribution in [0.15, 0.2) is 41.9 Å². The minimum atomic E-state index is -0.494. The second-order valence-electron chi connectivity index (χ2n) is 3.05. The molecule has 1 aliphatic heterocycles. The molecule has 1 aromatic heterocycles. The number of amides is 1. The molecular weight excluding hydrogens is 224 g/mol. The van der Waals surface area contributed by atoms with E-state index >= 15 is 0 Å². The molecule has 5 nitrogen and oxygen atoms in total. The molecule has 0 unspecified atom stereocenters. The number of thioether (sulfide) groups is 1. The third-order valence-electron chi connectivity index (χ3n) is 2.04. The smallest absolute Gasteiger partial charge is 0.251 e. The van der Waals surface area contributed by atoms with Crippen molar-refractivity contribution in [3.8, 4) is 0 Å². The SMILES string of the molecule is C=C/C(C(N)=O)=C1\NC=C(c2cn[nH]c2)S1. The lowest BCUT2D eigenvalue weighted by molar-refractivity contribution is -0.114. The van der Waals surface area contributed by atoms with E-state index in [1.54, 1.807) is 18.6 Å². The van der Waals surface area contributed by atoms with Crippen LogP contribution in [0.3, 0.4) is 0 Å². The quantitative estimate of drug-likeness (QED) is 0.679. The van der Waals surface area contributed by atoms with E-state index < -0.39 is 5.91 Å². The maximum Gasteiger partial charge on any atom is 0.251 e. The molecule has 4 N–H and O–H groups in total. The van der Waals surface area contributed by atoms with Crippen molar-refractivity contribution in [3.63, 3.8) is 0 Å². The van der Waals surface area contributed by atoms with Gasteiger partial charge in [0, 0.05) is 22.9 Å². The summed E-state index contributed by atoms with van der Waals surface area (Å²) in [5, 5.41) is 10.3. The maximum absolute atomic E-state index is 11.1. The second-order valence-corrected chi connectivity index (χ2v) is 4.11. The first kappa shape index (κ1) is 10.6. The first-order valence-electron chi connectivity index (χ1n) is 4.52. The van der Waals surface area contributed by atoms with Crippen molar-refractivity contribution in [2.75, 3.05) is 0 Å². The predicted molar refractivity (Wildman–Crippen MR) is 63.7 cm³/mol. The molecule has 82 valence electrons. The number of carbonyl (C=O) groups excluding carboxylic acids is 1. The van der Waals surface area contributed by atoms with Gasteiger partial charge in [-0.05, 0) is 0 Å². The van der Waals surface area contributed by atoms with Gasteiger partial charge in [-0.2, -0.15) is 5.10 Å². The van der Waals surface area contributed by atoms with Crippen LogP contribution >= 0.6 is 11.8 Å². The van der Waals surface area contributed by atoms with Crippen LogP contribution in [0.4, 0.5) is 0 Å². The summed E-state index contributed by atoms with van der Waals surface area (Å²) in [6.07, 6.45) is 6.74. The molecule has 0 saturated heterocycles. The Morgan fingerprint density at radius 2 is 2.44 bits per heavy atom. The van der Waals surface area contributed by atoms with Gasteiger partial charge < -0.3 is 11.1 Å². The van der Waals surface area contributed by atoms with Gasteiger partial charge in [-0.1, -0.05) is 24.4 Å². The van der Waals surface area contributed by atoms with Gasteiger partial charge in [0.1, 0.15) is 0 Å². The van der Waals surface area contributed by atoms with Crippen LogP contribution in [-0.2, 0) is 4.79 Å². The molecule has 1 aromatic rings. The number of H-pyrrole nitrogens is 1. The Balaban J connectivity index is 2.24. The molecule has 0 atom stereocenters. The molecule has 0 spiro atoms. The van der Waals surface area contributed by atoms with Crippen molar-refractivity contribution in [1.82, 2.24) is 15.5 Å². The summed E-state index contributed by atoms with van der Waals surface area (Å²) in [7, 11) is 0. The standard InChI is InChI=1S/C10H10N4OS/c1-2-7(9(11)15)10-12-5-8(16-10)6-3-13-14-4-6/h2-5,12H,1H2,(H2,11,15)(H,13,14)/b10-7-. The van der Waals surface area contributed by atoms with Gasteiger partial charge in [0.25, 0.3) is 5.91 Å². The van der Waals surface area contributed by atoms with Crippen molar-refractivity contribution < 1.29 is 4.79 Å². The molecule has 0 saturated carbocycles. The molecule has 1 amide bonds. The number of hydrogen-bond acceptors (Lipinski definition) is 4. The van der Waals surface area contributed by atoms with E-state index in [0.717, 1.165) is 10.5 Å². The first-order valence-corrected chi connectivity index (χ1v) is 5.34. The van der Waals surface area contributed by atoms with Gasteiger partial charge in [0.05, 0.1) is 16.8 Å². The largest absolute Gasteiger partial charge is 0.366 e. The third-order valence-corrected chi connectivity index (χ3v) is 3.16. The maximum atomic E-state index is 11.1. The molecule has 0 bridgehead atoms. The molecule has 2 heterocycles. The normalized spacial score (nSPS) is 17.6. The average Bonchev–Trinajstić information content (AvgIpc) is 2.86. The lowest BCUT2D eigenvalue weighted by Crippen LogP contribution is -2.16. The number of aromatic amines is 1. The van der Waals surface area contributed by atoms with Crippen molar-refractivity contribution in [1.29, 1.82) is 0 Å². The lowest BCUT2D eigenvalue weighted by Gasteiger charge is -2.02. The Kier molecular flexibility index (Phi) is 2.82. The zero-order chi connectivity index (χ0) is 11.5. The topological polar surface area (TPSA) is 83.8 Å². The fourth-order valence-corrected chi connectivity index (χ4v) is 2.24. The minimum Gasteiger partial charge on any atom is -0.366 e. The monoisotopic (exact) mass is 234 g/mol. The zero-order valence-electron chi connectivity index (χ0n) is 8.36. The fraction of sp³-hybridized carbons (Fsp3) is 0. The predicted octanol–water partition coefficient (Wildman–Crippen LogP) is 0.927. The summed E-state index contributed by atoms with van der Waals surface area (Å²) in [5.74, 6) is -0.494. The summed E-state index contributed by atoms with van der Waals surface area (Å²) < 4.78 is 0. The van der Waals surface area contributed by atoms with Crippen molar-refractivity contribution >= 4 is 22.6 Å². The first-order chi connectivity index (χ1) is 7.72. The van der Waals surface area contributed by atoms with Crippen LogP contribution in [-0.4, -0.2) is 16.1 Å². The molecule has 16 heavy (non-hydrogen) atoms. The molecule has 0 aliphatic carbocycles. The van der Waals surface area contributed by atoms with Gasteiger partial charge >= 0.3 is 0 Å². The number of nitrogens with one attached hydrogen (secondary N) is 2. The van der Waals surface area contributed by atoms with Crippen molar-refractivity contribution in [2.45, 2.75) is 0 Å². The second kappa shape index (κ2) is 4.28. The van der Waals surface area contributed by atoms with E-state index in [2.05, 4.69) is 22.1 Å². The van der Waals surface area contributed by atoms with Gasteiger partial charge in [0.2, 0.25) is 0 Å². The van der Waals surface area contributed by atoms with E-state index in [-0.39, 0.29) is 0 Å². The third kappa shape index (κ3) is 1.87. The zero-order valence-corrected chi connectivity index (χ0v) is 9.17.